The lowest BCUT2D eigenvalue weighted by atomic mass is 10.1. The number of alkyl halides is 3. The molecule has 0 aliphatic rings. The largest absolute Gasteiger partial charge is 0.487 e. The van der Waals surface area contributed by atoms with Gasteiger partial charge in [0.1, 0.15) is 23.1 Å². The molecule has 1 heterocycles. The molecule has 5 nitrogen and oxygen atoms in total. The molecule has 0 saturated heterocycles. The number of thioether (sulfide) groups is 1. The topological polar surface area (TPSA) is 68.7 Å². The first-order chi connectivity index (χ1) is 17.7. The molecule has 4 aromatic rings. The number of aromatic nitrogens is 1. The third-order valence-corrected chi connectivity index (χ3v) is 7.57. The fourth-order valence-electron chi connectivity index (χ4n) is 3.36. The summed E-state index contributed by atoms with van der Waals surface area (Å²) in [5.74, 6) is 0.724. The molecule has 0 aliphatic carbocycles. The molecule has 3 aromatic carbocycles. The Kier molecular flexibility index (Phi) is 8.40. The molecule has 4 rings (SSSR count). The maximum absolute atomic E-state index is 13.0. The van der Waals surface area contributed by atoms with E-state index in [-0.39, 0.29) is 6.61 Å². The zero-order chi connectivity index (χ0) is 26.4. The van der Waals surface area contributed by atoms with E-state index < -0.39 is 24.3 Å². The van der Waals surface area contributed by atoms with E-state index in [1.54, 1.807) is 17.8 Å². The predicted molar refractivity (Wildman–Crippen MR) is 137 cm³/mol. The Hall–Kier alpha value is -3.50. The number of aryl methyl sites for hydroxylation is 1. The number of aliphatic carboxylic acids is 1. The third kappa shape index (κ3) is 7.27. The molecular weight excluding hydrogens is 523 g/mol. The van der Waals surface area contributed by atoms with Gasteiger partial charge >= 0.3 is 12.1 Å². The van der Waals surface area contributed by atoms with Gasteiger partial charge in [0.15, 0.2) is 6.61 Å². The fourth-order valence-corrected chi connectivity index (χ4v) is 5.53. The van der Waals surface area contributed by atoms with Crippen molar-refractivity contribution in [3.8, 4) is 22.1 Å². The number of rotatable bonds is 10. The van der Waals surface area contributed by atoms with Gasteiger partial charge in [0, 0.05) is 21.1 Å². The lowest BCUT2D eigenvalue weighted by molar-refractivity contribution is -0.139. The Morgan fingerprint density at radius 3 is 2.41 bits per heavy atom. The second-order valence-electron chi connectivity index (χ2n) is 7.96. The van der Waals surface area contributed by atoms with E-state index in [9.17, 15) is 18.0 Å². The second-order valence-corrected chi connectivity index (χ2v) is 10.1. The van der Waals surface area contributed by atoms with Crippen LogP contribution in [-0.4, -0.2) is 22.7 Å². The number of benzene rings is 3. The Morgan fingerprint density at radius 2 is 1.76 bits per heavy atom. The molecule has 1 N–H and O–H groups in total. The average Bonchev–Trinajstić information content (AvgIpc) is 3.29. The van der Waals surface area contributed by atoms with Crippen LogP contribution in [0.5, 0.6) is 11.5 Å². The number of nitrogens with zero attached hydrogens (tertiary/aromatic N) is 1. The molecule has 0 amide bonds. The molecule has 0 unspecified atom stereocenters. The first kappa shape index (κ1) is 26.6. The Balaban J connectivity index is 1.53. The molecule has 0 aliphatic heterocycles. The number of hydrogen-bond donors (Lipinski definition) is 1. The van der Waals surface area contributed by atoms with Gasteiger partial charge in [-0.15, -0.1) is 23.1 Å². The van der Waals surface area contributed by atoms with Crippen LogP contribution in [0.4, 0.5) is 13.2 Å². The number of carbonyl (C=O) groups is 1. The molecule has 0 saturated carbocycles. The highest BCUT2D eigenvalue weighted by molar-refractivity contribution is 7.98. The van der Waals surface area contributed by atoms with E-state index in [1.165, 1.54) is 23.5 Å². The highest BCUT2D eigenvalue weighted by atomic mass is 32.2. The van der Waals surface area contributed by atoms with Gasteiger partial charge < -0.3 is 14.6 Å². The molecule has 0 radical (unpaired) electrons. The lowest BCUT2D eigenvalue weighted by Gasteiger charge is -2.09. The highest BCUT2D eigenvalue weighted by Crippen LogP contribution is 2.36. The molecule has 0 fully saturated rings. The summed E-state index contributed by atoms with van der Waals surface area (Å²) in [6.45, 7) is 1.65. The van der Waals surface area contributed by atoms with Gasteiger partial charge in [0.25, 0.3) is 0 Å². The summed E-state index contributed by atoms with van der Waals surface area (Å²) in [5.41, 5.74) is 1.43. The van der Waals surface area contributed by atoms with Crippen molar-refractivity contribution in [3.63, 3.8) is 0 Å². The van der Waals surface area contributed by atoms with Crippen LogP contribution in [0.1, 0.15) is 21.7 Å². The number of para-hydroxylation sites is 1. The summed E-state index contributed by atoms with van der Waals surface area (Å²) in [4.78, 5) is 17.4. The molecule has 192 valence electrons. The van der Waals surface area contributed by atoms with Crippen molar-refractivity contribution in [2.75, 3.05) is 6.61 Å². The monoisotopic (exact) mass is 545 g/mol. The summed E-state index contributed by atoms with van der Waals surface area (Å²) < 4.78 is 50.1. The van der Waals surface area contributed by atoms with E-state index in [0.717, 1.165) is 33.2 Å². The van der Waals surface area contributed by atoms with E-state index in [2.05, 4.69) is 0 Å². The first-order valence-corrected chi connectivity index (χ1v) is 12.9. The van der Waals surface area contributed by atoms with Gasteiger partial charge in [-0.3, -0.25) is 0 Å². The zero-order valence-electron chi connectivity index (χ0n) is 19.6. The summed E-state index contributed by atoms with van der Waals surface area (Å²) in [6.07, 6.45) is -4.40. The van der Waals surface area contributed by atoms with Crippen molar-refractivity contribution in [3.05, 3.63) is 94.5 Å². The van der Waals surface area contributed by atoms with Crippen LogP contribution in [0.3, 0.4) is 0 Å². The fraction of sp³-hybridized carbons (Fsp3) is 0.185. The van der Waals surface area contributed by atoms with Crippen LogP contribution < -0.4 is 9.47 Å². The number of ether oxygens (including phenoxy) is 2. The van der Waals surface area contributed by atoms with Gasteiger partial charge in [-0.05, 0) is 55.0 Å². The second kappa shape index (κ2) is 11.7. The number of hydrogen-bond acceptors (Lipinski definition) is 6. The van der Waals surface area contributed by atoms with Gasteiger partial charge in [-0.25, -0.2) is 9.78 Å². The smallest absolute Gasteiger partial charge is 0.416 e. The molecule has 0 bridgehead atoms. The van der Waals surface area contributed by atoms with E-state index >= 15 is 0 Å². The molecule has 37 heavy (non-hydrogen) atoms. The number of halogens is 3. The van der Waals surface area contributed by atoms with Gasteiger partial charge in [-0.2, -0.15) is 13.2 Å². The standard InChI is InChI=1S/C27H22F3NO4S2/c1-17-13-21(11-12-23(17)35-15-25(32)33)36-16-24-22(14-34-20-5-3-2-4-6-20)31-26(37-24)18-7-9-19(10-8-18)27(28,29)30/h2-13H,14-16H2,1H3,(H,32,33). The third-order valence-electron chi connectivity index (χ3n) is 5.22. The maximum Gasteiger partial charge on any atom is 0.416 e. The number of thiazole rings is 1. The van der Waals surface area contributed by atoms with Gasteiger partial charge in [0.05, 0.1) is 11.3 Å². The van der Waals surface area contributed by atoms with Gasteiger partial charge in [-0.1, -0.05) is 30.3 Å². The first-order valence-electron chi connectivity index (χ1n) is 11.1. The Morgan fingerprint density at radius 1 is 1.03 bits per heavy atom. The van der Waals surface area contributed by atoms with E-state index in [4.69, 9.17) is 19.6 Å². The maximum atomic E-state index is 13.0. The summed E-state index contributed by atoms with van der Waals surface area (Å²) >= 11 is 2.98. The minimum absolute atomic E-state index is 0.220. The van der Waals surface area contributed by atoms with Crippen molar-refractivity contribution >= 4 is 29.1 Å². The predicted octanol–water partition coefficient (Wildman–Crippen LogP) is 7.47. The summed E-state index contributed by atoms with van der Waals surface area (Å²) in [7, 11) is 0. The summed E-state index contributed by atoms with van der Waals surface area (Å²) in [5, 5.41) is 9.43. The van der Waals surface area contributed by atoms with Crippen LogP contribution in [0, 0.1) is 6.92 Å². The van der Waals surface area contributed by atoms with Crippen LogP contribution in [0.25, 0.3) is 10.6 Å². The Bertz CT molecular complexity index is 1360. The van der Waals surface area contributed by atoms with Crippen molar-refractivity contribution in [1.29, 1.82) is 0 Å². The molecule has 0 atom stereocenters. The van der Waals surface area contributed by atoms with Crippen LogP contribution >= 0.6 is 23.1 Å². The van der Waals surface area contributed by atoms with Crippen molar-refractivity contribution in [2.45, 2.75) is 30.4 Å². The Labute approximate surface area is 219 Å². The normalized spacial score (nSPS) is 11.4. The molecule has 1 aromatic heterocycles. The van der Waals surface area contributed by atoms with Crippen LogP contribution in [0.15, 0.2) is 77.7 Å². The molecule has 10 heteroatoms. The zero-order valence-corrected chi connectivity index (χ0v) is 21.3. The minimum atomic E-state index is -4.40. The van der Waals surface area contributed by atoms with Crippen LogP contribution in [-0.2, 0) is 23.3 Å². The minimum Gasteiger partial charge on any atom is -0.487 e. The van der Waals surface area contributed by atoms with Gasteiger partial charge in [0.2, 0.25) is 0 Å². The lowest BCUT2D eigenvalue weighted by Crippen LogP contribution is -2.09. The number of carboxylic acid groups (broad SMARTS) is 1. The quantitative estimate of drug-likeness (QED) is 0.209. The van der Waals surface area contributed by atoms with E-state index in [0.29, 0.717) is 27.8 Å². The van der Waals surface area contributed by atoms with Crippen molar-refractivity contribution in [1.82, 2.24) is 4.98 Å². The average molecular weight is 546 g/mol. The summed E-state index contributed by atoms with van der Waals surface area (Å²) in [6, 6.07) is 19.8. The van der Waals surface area contributed by atoms with Crippen LogP contribution in [0.2, 0.25) is 0 Å². The van der Waals surface area contributed by atoms with Crippen molar-refractivity contribution < 1.29 is 32.5 Å². The molecule has 0 spiro atoms. The highest BCUT2D eigenvalue weighted by Gasteiger charge is 2.30. The molecular formula is C27H22F3NO4S2. The van der Waals surface area contributed by atoms with E-state index in [1.807, 2.05) is 49.4 Å². The van der Waals surface area contributed by atoms with Crippen molar-refractivity contribution in [2.24, 2.45) is 0 Å². The SMILES string of the molecule is Cc1cc(SCc2sc(-c3ccc(C(F)(F)F)cc3)nc2COc2ccccc2)ccc1OCC(=O)O. The number of carboxylic acids is 1.